The Labute approximate surface area is 150 Å². The molecule has 0 saturated heterocycles. The van der Waals surface area contributed by atoms with Crippen LogP contribution in [0.2, 0.25) is 0 Å². The molecule has 1 aliphatic carbocycles. The maximum absolute atomic E-state index is 13.8. The van der Waals surface area contributed by atoms with Crippen molar-refractivity contribution >= 4 is 0 Å². The van der Waals surface area contributed by atoms with Crippen molar-refractivity contribution in [2.75, 3.05) is 0 Å². The first kappa shape index (κ1) is 18.9. The number of benzene rings is 2. The molecule has 26 heavy (non-hydrogen) atoms. The third-order valence-electron chi connectivity index (χ3n) is 5.15. The van der Waals surface area contributed by atoms with Gasteiger partial charge in [-0.25, -0.2) is 8.78 Å². The molecule has 0 radical (unpaired) electrons. The molecule has 0 N–H and O–H groups in total. The van der Waals surface area contributed by atoms with E-state index in [0.717, 1.165) is 25.0 Å². The largest absolute Gasteiger partial charge is 0.422 e. The van der Waals surface area contributed by atoms with Crippen molar-refractivity contribution in [1.82, 2.24) is 0 Å². The van der Waals surface area contributed by atoms with Crippen molar-refractivity contribution in [2.24, 2.45) is 0 Å². The Hall–Kier alpha value is -1.91. The molecule has 3 rings (SSSR count). The lowest BCUT2D eigenvalue weighted by Gasteiger charge is -2.20. The summed E-state index contributed by atoms with van der Waals surface area (Å²) in [6.45, 7) is 0. The highest BCUT2D eigenvalue weighted by Crippen LogP contribution is 2.36. The second-order valence-electron chi connectivity index (χ2n) is 6.98. The fourth-order valence-electron chi connectivity index (χ4n) is 3.75. The fraction of sp³-hybridized carbons (Fsp3) is 0.429. The summed E-state index contributed by atoms with van der Waals surface area (Å²) >= 11 is 0. The summed E-state index contributed by atoms with van der Waals surface area (Å²) in [4.78, 5) is 0. The Bertz CT molecular complexity index is 715. The summed E-state index contributed by atoms with van der Waals surface area (Å²) in [5, 5.41) is 0. The Morgan fingerprint density at radius 2 is 1.19 bits per heavy atom. The molecule has 1 fully saturated rings. The summed E-state index contributed by atoms with van der Waals surface area (Å²) in [7, 11) is 0. The van der Waals surface area contributed by atoms with Crippen LogP contribution in [0, 0.1) is 11.6 Å². The van der Waals surface area contributed by atoms with Crippen LogP contribution in [0.4, 0.5) is 22.0 Å². The molecule has 5 heteroatoms. The van der Waals surface area contributed by atoms with Gasteiger partial charge >= 0.3 is 6.18 Å². The van der Waals surface area contributed by atoms with Crippen molar-refractivity contribution < 1.29 is 22.0 Å². The molecule has 0 spiro atoms. The quantitative estimate of drug-likeness (QED) is 0.482. The lowest BCUT2D eigenvalue weighted by molar-refractivity contribution is -0.142. The van der Waals surface area contributed by atoms with Gasteiger partial charge in [0.05, 0.1) is 0 Å². The van der Waals surface area contributed by atoms with Crippen molar-refractivity contribution in [1.29, 1.82) is 0 Å². The van der Waals surface area contributed by atoms with Crippen LogP contribution in [0.3, 0.4) is 0 Å². The normalized spacial score (nSPS) is 17.0. The molecular formula is C21H21F5. The van der Waals surface area contributed by atoms with Gasteiger partial charge in [0.1, 0.15) is 17.2 Å². The standard InChI is InChI=1S/C21H21F5/c22-18-12-17(13-19(23)20(18)21(24,25)26)16-10-8-15(9-11-16)14-6-4-2-1-3-5-7-14/h8-14H,1-7H2. The molecule has 0 aromatic heterocycles. The van der Waals surface area contributed by atoms with Crippen LogP contribution in [-0.4, -0.2) is 0 Å². The molecule has 0 unspecified atom stereocenters. The Morgan fingerprint density at radius 1 is 0.692 bits per heavy atom. The van der Waals surface area contributed by atoms with E-state index in [0.29, 0.717) is 11.5 Å². The zero-order valence-electron chi connectivity index (χ0n) is 14.4. The van der Waals surface area contributed by atoms with Gasteiger partial charge in [-0.05, 0) is 47.6 Å². The van der Waals surface area contributed by atoms with E-state index in [2.05, 4.69) is 0 Å². The van der Waals surface area contributed by atoms with Gasteiger partial charge in [-0.2, -0.15) is 13.2 Å². The molecule has 1 saturated carbocycles. The molecule has 0 amide bonds. The van der Waals surface area contributed by atoms with E-state index in [1.807, 2.05) is 12.1 Å². The summed E-state index contributed by atoms with van der Waals surface area (Å²) in [6, 6.07) is 8.81. The van der Waals surface area contributed by atoms with E-state index in [9.17, 15) is 22.0 Å². The van der Waals surface area contributed by atoms with Gasteiger partial charge in [0.25, 0.3) is 0 Å². The third-order valence-corrected chi connectivity index (χ3v) is 5.15. The molecule has 0 heterocycles. The van der Waals surface area contributed by atoms with Crippen LogP contribution in [-0.2, 0) is 6.18 Å². The maximum Gasteiger partial charge on any atom is 0.422 e. The SMILES string of the molecule is Fc1cc(-c2ccc(C3CCCCCCC3)cc2)cc(F)c1C(F)(F)F. The predicted octanol–water partition coefficient (Wildman–Crippen LogP) is 7.48. The molecule has 0 aliphatic heterocycles. The topological polar surface area (TPSA) is 0 Å². The first-order chi connectivity index (χ1) is 12.4. The van der Waals surface area contributed by atoms with Crippen molar-refractivity contribution in [3.63, 3.8) is 0 Å². The van der Waals surface area contributed by atoms with E-state index in [1.54, 1.807) is 12.1 Å². The summed E-state index contributed by atoms with van der Waals surface area (Å²) in [6.07, 6.45) is 3.39. The minimum atomic E-state index is -5.05. The van der Waals surface area contributed by atoms with Gasteiger partial charge in [-0.1, -0.05) is 56.4 Å². The van der Waals surface area contributed by atoms with E-state index in [-0.39, 0.29) is 5.56 Å². The lowest BCUT2D eigenvalue weighted by Crippen LogP contribution is -2.11. The van der Waals surface area contributed by atoms with E-state index in [1.165, 1.54) is 37.7 Å². The number of rotatable bonds is 2. The van der Waals surface area contributed by atoms with Gasteiger partial charge in [0, 0.05) is 0 Å². The van der Waals surface area contributed by atoms with Crippen LogP contribution >= 0.6 is 0 Å². The summed E-state index contributed by atoms with van der Waals surface area (Å²) in [5.41, 5.74) is -0.0424. The highest BCUT2D eigenvalue weighted by atomic mass is 19.4. The fourth-order valence-corrected chi connectivity index (χ4v) is 3.75. The monoisotopic (exact) mass is 368 g/mol. The highest BCUT2D eigenvalue weighted by molar-refractivity contribution is 5.64. The van der Waals surface area contributed by atoms with Gasteiger partial charge in [0.15, 0.2) is 0 Å². The minimum absolute atomic E-state index is 0.109. The Morgan fingerprint density at radius 3 is 1.69 bits per heavy atom. The zero-order valence-corrected chi connectivity index (χ0v) is 14.4. The summed E-state index contributed by atoms with van der Waals surface area (Å²) in [5.74, 6) is -2.70. The maximum atomic E-state index is 13.8. The number of hydrogen-bond donors (Lipinski definition) is 0. The Kier molecular flexibility index (Phi) is 5.64. The van der Waals surface area contributed by atoms with Crippen LogP contribution in [0.5, 0.6) is 0 Å². The zero-order chi connectivity index (χ0) is 18.7. The smallest absolute Gasteiger partial charge is 0.206 e. The Balaban J connectivity index is 1.84. The van der Waals surface area contributed by atoms with Crippen LogP contribution in [0.15, 0.2) is 36.4 Å². The number of hydrogen-bond acceptors (Lipinski definition) is 0. The molecule has 140 valence electrons. The predicted molar refractivity (Wildman–Crippen MR) is 91.9 cm³/mol. The van der Waals surface area contributed by atoms with Crippen molar-refractivity contribution in [3.05, 3.63) is 59.2 Å². The van der Waals surface area contributed by atoms with Crippen molar-refractivity contribution in [2.45, 2.75) is 57.0 Å². The second-order valence-corrected chi connectivity index (χ2v) is 6.98. The molecular weight excluding hydrogens is 347 g/mol. The van der Waals surface area contributed by atoms with E-state index < -0.39 is 23.4 Å². The molecule has 2 aromatic rings. The average Bonchev–Trinajstić information content (AvgIpc) is 2.53. The van der Waals surface area contributed by atoms with Crippen LogP contribution in [0.25, 0.3) is 11.1 Å². The van der Waals surface area contributed by atoms with Crippen LogP contribution < -0.4 is 0 Å². The molecule has 0 atom stereocenters. The minimum Gasteiger partial charge on any atom is -0.206 e. The average molecular weight is 368 g/mol. The van der Waals surface area contributed by atoms with E-state index in [4.69, 9.17) is 0 Å². The van der Waals surface area contributed by atoms with Gasteiger partial charge < -0.3 is 0 Å². The van der Waals surface area contributed by atoms with E-state index >= 15 is 0 Å². The molecule has 0 nitrogen and oxygen atoms in total. The number of halogens is 5. The lowest BCUT2D eigenvalue weighted by atomic mass is 9.85. The summed E-state index contributed by atoms with van der Waals surface area (Å²) < 4.78 is 65.6. The molecule has 1 aliphatic rings. The molecule has 2 aromatic carbocycles. The van der Waals surface area contributed by atoms with Gasteiger partial charge in [0.2, 0.25) is 0 Å². The number of alkyl halides is 3. The van der Waals surface area contributed by atoms with Gasteiger partial charge in [-0.15, -0.1) is 0 Å². The first-order valence-corrected chi connectivity index (χ1v) is 9.03. The second kappa shape index (κ2) is 7.77. The van der Waals surface area contributed by atoms with Gasteiger partial charge in [-0.3, -0.25) is 0 Å². The first-order valence-electron chi connectivity index (χ1n) is 9.03. The molecule has 0 bridgehead atoms. The van der Waals surface area contributed by atoms with Crippen LogP contribution in [0.1, 0.15) is 62.0 Å². The third kappa shape index (κ3) is 4.25. The van der Waals surface area contributed by atoms with Crippen molar-refractivity contribution in [3.8, 4) is 11.1 Å². The highest BCUT2D eigenvalue weighted by Gasteiger charge is 2.37.